The summed E-state index contributed by atoms with van der Waals surface area (Å²) in [6.07, 6.45) is 7.68. The Labute approximate surface area is 210 Å². The number of aryl methyl sites for hydroxylation is 2. The largest absolute Gasteiger partial charge is 0.367 e. The molecule has 5 rings (SSSR count). The molecule has 9 heteroatoms. The molecule has 3 aromatic heterocycles. The van der Waals surface area contributed by atoms with E-state index in [0.717, 1.165) is 48.4 Å². The number of anilines is 1. The van der Waals surface area contributed by atoms with Gasteiger partial charge in [0.1, 0.15) is 5.69 Å². The van der Waals surface area contributed by atoms with Crippen LogP contribution in [-0.2, 0) is 13.5 Å². The fourth-order valence-corrected chi connectivity index (χ4v) is 4.86. The smallest absolute Gasteiger partial charge is 0.272 e. The molecule has 1 aliphatic heterocycles. The first-order valence-electron chi connectivity index (χ1n) is 12.7. The van der Waals surface area contributed by atoms with Gasteiger partial charge in [0.05, 0.1) is 5.69 Å². The summed E-state index contributed by atoms with van der Waals surface area (Å²) in [7, 11) is 1.84. The molecule has 4 heterocycles. The number of amides is 1. The van der Waals surface area contributed by atoms with Gasteiger partial charge in [-0.15, -0.1) is 0 Å². The first kappa shape index (κ1) is 24.0. The summed E-state index contributed by atoms with van der Waals surface area (Å²) in [6.45, 7) is 4.98. The number of hydrogen-bond acceptors (Lipinski definition) is 6. The van der Waals surface area contributed by atoms with Crippen molar-refractivity contribution in [2.75, 3.05) is 11.9 Å². The summed E-state index contributed by atoms with van der Waals surface area (Å²) in [4.78, 5) is 24.3. The van der Waals surface area contributed by atoms with Gasteiger partial charge in [-0.2, -0.15) is 5.10 Å². The highest BCUT2D eigenvalue weighted by atomic mass is 16.3. The molecule has 0 radical (unpaired) electrons. The minimum atomic E-state index is -0.912. The Bertz CT molecular complexity index is 1360. The third-order valence-electron chi connectivity index (χ3n) is 6.98. The standard InChI is InChI=1S/C27H33N7O2/c1-4-21-16-23(27(36)33-14-7-5-6-8-18(33)2)30-24-17-22(31-34(21)24)19-9-11-20(12-10-19)29-26(35)25-28-13-15-32(25)3/h9-13,15-18,26,29,35H,4-8,14H2,1-3H3. The van der Waals surface area contributed by atoms with Crippen LogP contribution in [0.5, 0.6) is 0 Å². The van der Waals surface area contributed by atoms with Crippen molar-refractivity contribution in [3.63, 3.8) is 0 Å². The van der Waals surface area contributed by atoms with E-state index in [9.17, 15) is 9.90 Å². The van der Waals surface area contributed by atoms with E-state index in [1.165, 1.54) is 12.8 Å². The molecule has 1 aromatic carbocycles. The van der Waals surface area contributed by atoms with Crippen molar-refractivity contribution in [3.8, 4) is 11.3 Å². The number of carbonyl (C=O) groups excluding carboxylic acids is 1. The maximum atomic E-state index is 13.4. The van der Waals surface area contributed by atoms with E-state index in [0.29, 0.717) is 17.2 Å². The monoisotopic (exact) mass is 487 g/mol. The Kier molecular flexibility index (Phi) is 6.73. The van der Waals surface area contributed by atoms with Crippen molar-refractivity contribution in [1.29, 1.82) is 0 Å². The molecule has 1 fully saturated rings. The van der Waals surface area contributed by atoms with Gasteiger partial charge in [-0.25, -0.2) is 14.5 Å². The number of hydrogen-bond donors (Lipinski definition) is 2. The normalized spacial score (nSPS) is 17.2. The van der Waals surface area contributed by atoms with Crippen LogP contribution in [0.25, 0.3) is 16.9 Å². The zero-order valence-corrected chi connectivity index (χ0v) is 21.1. The summed E-state index contributed by atoms with van der Waals surface area (Å²) in [5.74, 6) is 0.545. The van der Waals surface area contributed by atoms with Crippen LogP contribution in [0.15, 0.2) is 48.8 Å². The highest BCUT2D eigenvalue weighted by molar-refractivity contribution is 5.93. The Morgan fingerprint density at radius 1 is 1.19 bits per heavy atom. The van der Waals surface area contributed by atoms with Gasteiger partial charge < -0.3 is 19.9 Å². The zero-order valence-electron chi connectivity index (χ0n) is 21.1. The molecule has 4 aromatic rings. The number of fused-ring (bicyclic) bond motifs is 1. The molecule has 0 aliphatic carbocycles. The summed E-state index contributed by atoms with van der Waals surface area (Å²) < 4.78 is 3.60. The predicted octanol–water partition coefficient (Wildman–Crippen LogP) is 4.20. The molecular weight excluding hydrogens is 454 g/mol. The van der Waals surface area contributed by atoms with E-state index < -0.39 is 6.23 Å². The third kappa shape index (κ3) is 4.70. The topological polar surface area (TPSA) is 101 Å². The lowest BCUT2D eigenvalue weighted by Gasteiger charge is -2.27. The first-order valence-corrected chi connectivity index (χ1v) is 12.7. The van der Waals surface area contributed by atoms with Gasteiger partial charge in [0, 0.05) is 55.0 Å². The Morgan fingerprint density at radius 2 is 2.00 bits per heavy atom. The maximum absolute atomic E-state index is 13.4. The molecule has 1 aliphatic rings. The van der Waals surface area contributed by atoms with Crippen LogP contribution >= 0.6 is 0 Å². The summed E-state index contributed by atoms with van der Waals surface area (Å²) in [6, 6.07) is 11.7. The molecule has 1 saturated heterocycles. The quantitative estimate of drug-likeness (QED) is 0.396. The van der Waals surface area contributed by atoms with Crippen LogP contribution in [-0.4, -0.2) is 52.6 Å². The third-order valence-corrected chi connectivity index (χ3v) is 6.98. The average Bonchev–Trinajstić information content (AvgIpc) is 3.45. The lowest BCUT2D eigenvalue weighted by atomic mass is 10.1. The molecule has 0 bridgehead atoms. The second-order valence-corrected chi connectivity index (χ2v) is 9.50. The minimum absolute atomic E-state index is 0.00560. The van der Waals surface area contributed by atoms with Crippen molar-refractivity contribution in [2.45, 2.75) is 58.2 Å². The summed E-state index contributed by atoms with van der Waals surface area (Å²) >= 11 is 0. The van der Waals surface area contributed by atoms with Gasteiger partial charge in [-0.1, -0.05) is 31.9 Å². The van der Waals surface area contributed by atoms with Gasteiger partial charge in [-0.05, 0) is 44.4 Å². The zero-order chi connectivity index (χ0) is 25.2. The molecule has 1 amide bonds. The van der Waals surface area contributed by atoms with Gasteiger partial charge in [-0.3, -0.25) is 4.79 Å². The molecule has 188 valence electrons. The minimum Gasteiger partial charge on any atom is -0.367 e. The van der Waals surface area contributed by atoms with Gasteiger partial charge in [0.15, 0.2) is 17.7 Å². The van der Waals surface area contributed by atoms with Crippen LogP contribution in [0.3, 0.4) is 0 Å². The van der Waals surface area contributed by atoms with Crippen molar-refractivity contribution >= 4 is 17.2 Å². The fourth-order valence-electron chi connectivity index (χ4n) is 4.86. The number of likely N-dealkylation sites (tertiary alicyclic amines) is 1. The number of carbonyl (C=O) groups is 1. The molecule has 2 atom stereocenters. The molecule has 9 nitrogen and oxygen atoms in total. The predicted molar refractivity (Wildman–Crippen MR) is 139 cm³/mol. The SMILES string of the molecule is CCc1cc(C(=O)N2CCCCCC2C)nc2cc(-c3ccc(NC(O)c4nccn4C)cc3)nn12. The second kappa shape index (κ2) is 10.1. The van der Waals surface area contributed by atoms with Crippen molar-refractivity contribution in [1.82, 2.24) is 29.0 Å². The Balaban J connectivity index is 1.40. The highest BCUT2D eigenvalue weighted by Gasteiger charge is 2.25. The van der Waals surface area contributed by atoms with Crippen molar-refractivity contribution in [2.24, 2.45) is 7.05 Å². The number of rotatable bonds is 6. The van der Waals surface area contributed by atoms with E-state index in [2.05, 4.69) is 24.1 Å². The first-order chi connectivity index (χ1) is 17.4. The summed E-state index contributed by atoms with van der Waals surface area (Å²) in [5.41, 5.74) is 4.58. The van der Waals surface area contributed by atoms with E-state index in [-0.39, 0.29) is 11.9 Å². The van der Waals surface area contributed by atoms with Gasteiger partial charge in [0.25, 0.3) is 5.91 Å². The number of aliphatic hydroxyl groups excluding tert-OH is 1. The van der Waals surface area contributed by atoms with Crippen LogP contribution in [0.1, 0.15) is 67.8 Å². The number of nitrogens with one attached hydrogen (secondary N) is 1. The van der Waals surface area contributed by atoms with Gasteiger partial charge >= 0.3 is 0 Å². The number of imidazole rings is 1. The lowest BCUT2D eigenvalue weighted by Crippen LogP contribution is -2.38. The average molecular weight is 488 g/mol. The maximum Gasteiger partial charge on any atom is 0.272 e. The van der Waals surface area contributed by atoms with Crippen LogP contribution < -0.4 is 5.32 Å². The highest BCUT2D eigenvalue weighted by Crippen LogP contribution is 2.25. The Hall–Kier alpha value is -3.72. The van der Waals surface area contributed by atoms with Crippen LogP contribution in [0.2, 0.25) is 0 Å². The van der Waals surface area contributed by atoms with Gasteiger partial charge in [0.2, 0.25) is 0 Å². The van der Waals surface area contributed by atoms with E-state index in [4.69, 9.17) is 10.1 Å². The lowest BCUT2D eigenvalue weighted by molar-refractivity contribution is 0.0692. The molecule has 2 unspecified atom stereocenters. The fraction of sp³-hybridized carbons (Fsp3) is 0.407. The molecule has 36 heavy (non-hydrogen) atoms. The van der Waals surface area contributed by atoms with E-state index in [1.807, 2.05) is 52.9 Å². The van der Waals surface area contributed by atoms with E-state index >= 15 is 0 Å². The molecular formula is C27H33N7O2. The molecule has 0 spiro atoms. The number of aliphatic hydroxyl groups is 1. The van der Waals surface area contributed by atoms with E-state index in [1.54, 1.807) is 17.0 Å². The molecule has 0 saturated carbocycles. The van der Waals surface area contributed by atoms with Crippen molar-refractivity contribution < 1.29 is 9.90 Å². The van der Waals surface area contributed by atoms with Crippen molar-refractivity contribution in [3.05, 3.63) is 66.0 Å². The van der Waals surface area contributed by atoms with Crippen LogP contribution in [0.4, 0.5) is 5.69 Å². The molecule has 2 N–H and O–H groups in total. The Morgan fingerprint density at radius 3 is 2.72 bits per heavy atom. The number of nitrogens with zero attached hydrogens (tertiary/aromatic N) is 6. The number of aromatic nitrogens is 5. The second-order valence-electron chi connectivity index (χ2n) is 9.50. The summed E-state index contributed by atoms with van der Waals surface area (Å²) in [5, 5.41) is 18.3. The number of benzene rings is 1. The van der Waals surface area contributed by atoms with Crippen LogP contribution in [0, 0.1) is 0 Å².